The molecule has 0 unspecified atom stereocenters. The average molecular weight is 250 g/mol. The van der Waals surface area contributed by atoms with E-state index < -0.39 is 0 Å². The first-order valence-corrected chi connectivity index (χ1v) is 6.77. The number of rotatable bonds is 5. The van der Waals surface area contributed by atoms with Gasteiger partial charge in [-0.15, -0.1) is 11.3 Å². The average Bonchev–Trinajstić information content (AvgIpc) is 2.88. The van der Waals surface area contributed by atoms with E-state index in [2.05, 4.69) is 45.3 Å². The van der Waals surface area contributed by atoms with Crippen molar-refractivity contribution in [1.82, 2.24) is 14.5 Å². The van der Waals surface area contributed by atoms with Crippen LogP contribution < -0.4 is 5.32 Å². The van der Waals surface area contributed by atoms with Crippen molar-refractivity contribution in [3.8, 4) is 0 Å². The van der Waals surface area contributed by atoms with Crippen molar-refractivity contribution < 1.29 is 0 Å². The summed E-state index contributed by atoms with van der Waals surface area (Å²) in [7, 11) is 0. The summed E-state index contributed by atoms with van der Waals surface area (Å²) < 4.78 is 2.16. The predicted octanol–water partition coefficient (Wildman–Crippen LogP) is 2.88. The highest BCUT2D eigenvalue weighted by molar-refractivity contribution is 7.07. The van der Waals surface area contributed by atoms with Crippen LogP contribution in [0.15, 0.2) is 17.1 Å². The van der Waals surface area contributed by atoms with E-state index in [9.17, 15) is 0 Å². The lowest BCUT2D eigenvalue weighted by atomic mass is 10.3. The predicted molar refractivity (Wildman–Crippen MR) is 71.7 cm³/mol. The van der Waals surface area contributed by atoms with Crippen molar-refractivity contribution in [3.05, 3.63) is 28.5 Å². The summed E-state index contributed by atoms with van der Waals surface area (Å²) in [4.78, 5) is 8.75. The van der Waals surface area contributed by atoms with Gasteiger partial charge in [0, 0.05) is 30.6 Å². The fourth-order valence-corrected chi connectivity index (χ4v) is 2.30. The molecule has 0 atom stereocenters. The first-order chi connectivity index (χ1) is 8.16. The molecule has 0 aromatic carbocycles. The molecule has 0 saturated heterocycles. The summed E-state index contributed by atoms with van der Waals surface area (Å²) >= 11 is 1.64. The summed E-state index contributed by atoms with van der Waals surface area (Å²) in [5.74, 6) is 0.952. The Bertz CT molecular complexity index is 459. The maximum atomic E-state index is 4.48. The molecular weight excluding hydrogens is 232 g/mol. The molecule has 2 aromatic heterocycles. The van der Waals surface area contributed by atoms with Crippen LogP contribution in [0.1, 0.15) is 31.3 Å². The zero-order chi connectivity index (χ0) is 12.3. The molecule has 0 radical (unpaired) electrons. The second-order valence-electron chi connectivity index (χ2n) is 4.36. The molecule has 1 N–H and O–H groups in total. The van der Waals surface area contributed by atoms with E-state index >= 15 is 0 Å². The molecule has 0 bridgehead atoms. The highest BCUT2D eigenvalue weighted by Crippen LogP contribution is 2.15. The molecule has 17 heavy (non-hydrogen) atoms. The van der Waals surface area contributed by atoms with Crippen LogP contribution >= 0.6 is 11.3 Å². The highest BCUT2D eigenvalue weighted by Gasteiger charge is 2.07. The standard InChI is InChI=1S/C12H18N4S/c1-9(2)16-6-10(3)15-12(16)13-5-4-11-7-17-8-14-11/h6-9H,4-5H2,1-3H3,(H,13,15). The largest absolute Gasteiger partial charge is 0.355 e. The molecule has 0 aliphatic carbocycles. The molecule has 2 heterocycles. The molecule has 0 spiro atoms. The second-order valence-corrected chi connectivity index (χ2v) is 5.08. The van der Waals surface area contributed by atoms with E-state index in [-0.39, 0.29) is 0 Å². The maximum absolute atomic E-state index is 4.48. The Balaban J connectivity index is 1.94. The van der Waals surface area contributed by atoms with E-state index in [1.54, 1.807) is 11.3 Å². The van der Waals surface area contributed by atoms with Gasteiger partial charge >= 0.3 is 0 Å². The van der Waals surface area contributed by atoms with E-state index in [1.165, 1.54) is 0 Å². The van der Waals surface area contributed by atoms with Crippen LogP contribution in [-0.2, 0) is 6.42 Å². The number of hydrogen-bond acceptors (Lipinski definition) is 4. The third-order valence-corrected chi connectivity index (χ3v) is 3.19. The lowest BCUT2D eigenvalue weighted by Gasteiger charge is -2.12. The van der Waals surface area contributed by atoms with Gasteiger partial charge in [-0.2, -0.15) is 0 Å². The quantitative estimate of drug-likeness (QED) is 0.887. The molecule has 5 heteroatoms. The number of thiazole rings is 1. The molecule has 0 fully saturated rings. The van der Waals surface area contributed by atoms with Gasteiger partial charge < -0.3 is 9.88 Å². The molecular formula is C12H18N4S. The summed E-state index contributed by atoms with van der Waals surface area (Å²) in [5, 5.41) is 5.46. The van der Waals surface area contributed by atoms with Gasteiger partial charge in [0.25, 0.3) is 0 Å². The van der Waals surface area contributed by atoms with Gasteiger partial charge in [-0.25, -0.2) is 9.97 Å². The number of aryl methyl sites for hydroxylation is 1. The maximum Gasteiger partial charge on any atom is 0.203 e. The first kappa shape index (κ1) is 12.1. The number of nitrogens with one attached hydrogen (secondary N) is 1. The fraction of sp³-hybridized carbons (Fsp3) is 0.500. The molecule has 0 aliphatic heterocycles. The highest BCUT2D eigenvalue weighted by atomic mass is 32.1. The van der Waals surface area contributed by atoms with Gasteiger partial charge in [0.1, 0.15) is 0 Å². The van der Waals surface area contributed by atoms with Crippen molar-refractivity contribution >= 4 is 17.3 Å². The van der Waals surface area contributed by atoms with Crippen LogP contribution in [0, 0.1) is 6.92 Å². The number of aromatic nitrogens is 3. The third-order valence-electron chi connectivity index (χ3n) is 2.56. The van der Waals surface area contributed by atoms with Gasteiger partial charge in [-0.05, 0) is 20.8 Å². The molecule has 2 aromatic rings. The summed E-state index contributed by atoms with van der Waals surface area (Å²) in [6.07, 6.45) is 3.02. The number of hydrogen-bond donors (Lipinski definition) is 1. The van der Waals surface area contributed by atoms with Gasteiger partial charge in [0.2, 0.25) is 5.95 Å². The Hall–Kier alpha value is -1.36. The molecule has 2 rings (SSSR count). The van der Waals surface area contributed by atoms with Gasteiger partial charge in [0.15, 0.2) is 0 Å². The van der Waals surface area contributed by atoms with E-state index in [0.717, 1.165) is 30.3 Å². The SMILES string of the molecule is Cc1cn(C(C)C)c(NCCc2cscn2)n1. The van der Waals surface area contributed by atoms with Gasteiger partial charge in [-0.1, -0.05) is 0 Å². The molecule has 92 valence electrons. The Kier molecular flexibility index (Phi) is 3.78. The first-order valence-electron chi connectivity index (χ1n) is 5.83. The van der Waals surface area contributed by atoms with Crippen molar-refractivity contribution in [2.24, 2.45) is 0 Å². The topological polar surface area (TPSA) is 42.7 Å². The van der Waals surface area contributed by atoms with Crippen molar-refractivity contribution in [2.45, 2.75) is 33.2 Å². The minimum absolute atomic E-state index is 0.429. The Morgan fingerprint density at radius 3 is 2.94 bits per heavy atom. The van der Waals surface area contributed by atoms with E-state index in [1.807, 2.05) is 12.4 Å². The third kappa shape index (κ3) is 3.06. The summed E-state index contributed by atoms with van der Waals surface area (Å²) in [6.45, 7) is 7.21. The number of anilines is 1. The lowest BCUT2D eigenvalue weighted by Crippen LogP contribution is -2.11. The Morgan fingerprint density at radius 1 is 1.47 bits per heavy atom. The lowest BCUT2D eigenvalue weighted by molar-refractivity contribution is 0.604. The summed E-state index contributed by atoms with van der Waals surface area (Å²) in [5.41, 5.74) is 4.06. The minimum Gasteiger partial charge on any atom is -0.355 e. The van der Waals surface area contributed by atoms with Crippen LogP contribution in [0.5, 0.6) is 0 Å². The molecule has 0 aliphatic rings. The summed E-state index contributed by atoms with van der Waals surface area (Å²) in [6, 6.07) is 0.429. The minimum atomic E-state index is 0.429. The second kappa shape index (κ2) is 5.31. The molecule has 0 saturated carbocycles. The normalized spacial score (nSPS) is 11.1. The van der Waals surface area contributed by atoms with Crippen LogP contribution in [0.3, 0.4) is 0 Å². The van der Waals surface area contributed by atoms with Crippen molar-refractivity contribution in [1.29, 1.82) is 0 Å². The van der Waals surface area contributed by atoms with Crippen molar-refractivity contribution in [2.75, 3.05) is 11.9 Å². The smallest absolute Gasteiger partial charge is 0.203 e. The van der Waals surface area contributed by atoms with Crippen molar-refractivity contribution in [3.63, 3.8) is 0 Å². The Labute approximate surface area is 106 Å². The number of imidazole rings is 1. The van der Waals surface area contributed by atoms with Gasteiger partial charge in [0.05, 0.1) is 16.9 Å². The fourth-order valence-electron chi connectivity index (χ4n) is 1.70. The molecule has 0 amide bonds. The zero-order valence-corrected chi connectivity index (χ0v) is 11.3. The van der Waals surface area contributed by atoms with E-state index in [4.69, 9.17) is 0 Å². The van der Waals surface area contributed by atoms with Gasteiger partial charge in [-0.3, -0.25) is 0 Å². The van der Waals surface area contributed by atoms with Crippen LogP contribution in [0.2, 0.25) is 0 Å². The monoisotopic (exact) mass is 250 g/mol. The van der Waals surface area contributed by atoms with E-state index in [0.29, 0.717) is 6.04 Å². The van der Waals surface area contributed by atoms with Crippen LogP contribution in [0.4, 0.5) is 5.95 Å². The van der Waals surface area contributed by atoms with Crippen LogP contribution in [0.25, 0.3) is 0 Å². The zero-order valence-electron chi connectivity index (χ0n) is 10.5. The Morgan fingerprint density at radius 2 is 2.29 bits per heavy atom. The van der Waals surface area contributed by atoms with Crippen LogP contribution in [-0.4, -0.2) is 21.1 Å². The number of nitrogens with zero attached hydrogens (tertiary/aromatic N) is 3. The molecule has 4 nitrogen and oxygen atoms in total.